The normalized spacial score (nSPS) is 19.5. The molecule has 0 bridgehead atoms. The molecule has 1 aliphatic carbocycles. The van der Waals surface area contributed by atoms with E-state index >= 15 is 0 Å². The minimum Gasteiger partial charge on any atom is -0.378 e. The van der Waals surface area contributed by atoms with E-state index in [0.717, 1.165) is 47.9 Å². The number of anilines is 1. The fraction of sp³-hybridized carbons (Fsp3) is 0.387. The van der Waals surface area contributed by atoms with E-state index < -0.39 is 0 Å². The molecule has 39 heavy (non-hydrogen) atoms. The van der Waals surface area contributed by atoms with Gasteiger partial charge < -0.3 is 20.3 Å². The van der Waals surface area contributed by atoms with Crippen LogP contribution in [0.25, 0.3) is 11.1 Å². The van der Waals surface area contributed by atoms with Gasteiger partial charge in [0.25, 0.3) is 5.69 Å². The first-order valence-corrected chi connectivity index (χ1v) is 13.8. The quantitative estimate of drug-likeness (QED) is 0.328. The number of morpholine rings is 1. The smallest absolute Gasteiger partial charge is 0.293 e. The van der Waals surface area contributed by atoms with Crippen LogP contribution < -0.4 is 10.6 Å². The molecule has 2 aliphatic rings. The molecule has 3 aromatic carbocycles. The molecule has 1 saturated carbocycles. The molecule has 8 heteroatoms. The van der Waals surface area contributed by atoms with E-state index in [1.807, 2.05) is 76.5 Å². The molecule has 1 saturated heterocycles. The number of nitro benzene ring substituents is 1. The number of nitrogens with zero attached hydrogens (tertiary/aromatic N) is 3. The van der Waals surface area contributed by atoms with Crippen LogP contribution in [-0.4, -0.2) is 54.1 Å². The average molecular weight is 529 g/mol. The third-order valence-corrected chi connectivity index (χ3v) is 7.84. The molecule has 0 atom stereocenters. The third-order valence-electron chi connectivity index (χ3n) is 7.84. The van der Waals surface area contributed by atoms with Gasteiger partial charge in [-0.25, -0.2) is 0 Å². The zero-order chi connectivity index (χ0) is 27.2. The second kappa shape index (κ2) is 12.4. The molecule has 0 unspecified atom stereocenters. The van der Waals surface area contributed by atoms with Gasteiger partial charge in [0.15, 0.2) is 0 Å². The summed E-state index contributed by atoms with van der Waals surface area (Å²) in [5.41, 5.74) is 10.6. The monoisotopic (exact) mass is 528 g/mol. The first kappa shape index (κ1) is 26.8. The van der Waals surface area contributed by atoms with E-state index in [-0.39, 0.29) is 28.6 Å². The summed E-state index contributed by atoms with van der Waals surface area (Å²) >= 11 is 0. The number of hydrogen-bond acceptors (Lipinski definition) is 6. The number of nitrogens with two attached hydrogens (primary N) is 1. The third kappa shape index (κ3) is 6.64. The van der Waals surface area contributed by atoms with E-state index in [0.29, 0.717) is 45.0 Å². The SMILES string of the molecule is NC1CCC(N(Cc2cccc(-c3ccc(N4CCOCC4)c([N+](=O)[O-])c3)c2)C(=O)Cc2ccccc2)CC1. The highest BCUT2D eigenvalue weighted by atomic mass is 16.6. The number of carbonyl (C=O) groups excluding carboxylic acids is 1. The summed E-state index contributed by atoms with van der Waals surface area (Å²) in [6.07, 6.45) is 3.99. The van der Waals surface area contributed by atoms with Gasteiger partial charge in [-0.05, 0) is 60.1 Å². The molecule has 1 amide bonds. The summed E-state index contributed by atoms with van der Waals surface area (Å²) in [7, 11) is 0. The van der Waals surface area contributed by atoms with E-state index in [9.17, 15) is 14.9 Å². The number of rotatable bonds is 8. The van der Waals surface area contributed by atoms with Gasteiger partial charge in [-0.3, -0.25) is 14.9 Å². The summed E-state index contributed by atoms with van der Waals surface area (Å²) in [6, 6.07) is 23.6. The maximum Gasteiger partial charge on any atom is 0.293 e. The fourth-order valence-corrected chi connectivity index (χ4v) is 5.67. The van der Waals surface area contributed by atoms with Gasteiger partial charge in [-0.1, -0.05) is 54.6 Å². The van der Waals surface area contributed by atoms with Gasteiger partial charge in [0.1, 0.15) is 5.69 Å². The molecule has 0 radical (unpaired) electrons. The minimum absolute atomic E-state index is 0.0954. The van der Waals surface area contributed by atoms with Gasteiger partial charge in [0.05, 0.1) is 24.6 Å². The number of benzene rings is 3. The fourth-order valence-electron chi connectivity index (χ4n) is 5.67. The number of amides is 1. The lowest BCUT2D eigenvalue weighted by molar-refractivity contribution is -0.384. The van der Waals surface area contributed by atoms with E-state index in [1.54, 1.807) is 6.07 Å². The van der Waals surface area contributed by atoms with Crippen molar-refractivity contribution in [3.63, 3.8) is 0 Å². The van der Waals surface area contributed by atoms with Crippen molar-refractivity contribution in [1.29, 1.82) is 0 Å². The average Bonchev–Trinajstić information content (AvgIpc) is 2.97. The Hall–Kier alpha value is -3.75. The van der Waals surface area contributed by atoms with Crippen LogP contribution >= 0.6 is 0 Å². The molecule has 0 spiro atoms. The molecule has 2 fully saturated rings. The van der Waals surface area contributed by atoms with Crippen LogP contribution in [0, 0.1) is 10.1 Å². The lowest BCUT2D eigenvalue weighted by atomic mass is 9.90. The summed E-state index contributed by atoms with van der Waals surface area (Å²) in [4.78, 5) is 29.3. The Bertz CT molecular complexity index is 1280. The van der Waals surface area contributed by atoms with Crippen LogP contribution in [0.5, 0.6) is 0 Å². The summed E-state index contributed by atoms with van der Waals surface area (Å²) < 4.78 is 5.41. The first-order chi connectivity index (χ1) is 19.0. The van der Waals surface area contributed by atoms with Gasteiger partial charge in [-0.2, -0.15) is 0 Å². The predicted octanol–water partition coefficient (Wildman–Crippen LogP) is 4.94. The molecule has 5 rings (SSSR count). The highest BCUT2D eigenvalue weighted by molar-refractivity contribution is 5.79. The Morgan fingerprint density at radius 2 is 1.62 bits per heavy atom. The molecular weight excluding hydrogens is 492 g/mol. The second-order valence-corrected chi connectivity index (χ2v) is 10.5. The molecule has 0 aromatic heterocycles. The summed E-state index contributed by atoms with van der Waals surface area (Å²) in [6.45, 7) is 2.89. The first-order valence-electron chi connectivity index (χ1n) is 13.8. The molecular formula is C31H36N4O4. The highest BCUT2D eigenvalue weighted by Crippen LogP contribution is 2.34. The van der Waals surface area contributed by atoms with Crippen molar-refractivity contribution in [3.05, 3.63) is 94.0 Å². The number of hydrogen-bond donors (Lipinski definition) is 1. The minimum atomic E-state index is -0.310. The van der Waals surface area contributed by atoms with Crippen molar-refractivity contribution in [1.82, 2.24) is 4.90 Å². The summed E-state index contributed by atoms with van der Waals surface area (Å²) in [5.74, 6) is 0.109. The molecule has 204 valence electrons. The zero-order valence-corrected chi connectivity index (χ0v) is 22.2. The largest absolute Gasteiger partial charge is 0.378 e. The van der Waals surface area contributed by atoms with Crippen molar-refractivity contribution in [3.8, 4) is 11.1 Å². The number of nitro groups is 1. The van der Waals surface area contributed by atoms with Crippen LogP contribution in [0.15, 0.2) is 72.8 Å². The van der Waals surface area contributed by atoms with Crippen LogP contribution in [-0.2, 0) is 22.5 Å². The maximum atomic E-state index is 13.6. The number of carbonyl (C=O) groups is 1. The maximum absolute atomic E-state index is 13.6. The Morgan fingerprint density at radius 1 is 0.923 bits per heavy atom. The van der Waals surface area contributed by atoms with Crippen LogP contribution in [0.1, 0.15) is 36.8 Å². The Balaban J connectivity index is 1.39. The number of ether oxygens (including phenoxy) is 1. The molecule has 2 N–H and O–H groups in total. The van der Waals surface area contributed by atoms with Crippen LogP contribution in [0.3, 0.4) is 0 Å². The van der Waals surface area contributed by atoms with Gasteiger partial charge in [0.2, 0.25) is 5.91 Å². The Labute approximate surface area is 229 Å². The molecule has 8 nitrogen and oxygen atoms in total. The van der Waals surface area contributed by atoms with Crippen LogP contribution in [0.2, 0.25) is 0 Å². The summed E-state index contributed by atoms with van der Waals surface area (Å²) in [5, 5.41) is 12.0. The lowest BCUT2D eigenvalue weighted by Gasteiger charge is -2.36. The van der Waals surface area contributed by atoms with Crippen molar-refractivity contribution in [2.24, 2.45) is 5.73 Å². The topological polar surface area (TPSA) is 102 Å². The van der Waals surface area contributed by atoms with Gasteiger partial charge >= 0.3 is 0 Å². The molecule has 1 heterocycles. The Kier molecular flexibility index (Phi) is 8.54. The second-order valence-electron chi connectivity index (χ2n) is 10.5. The molecule has 1 aliphatic heterocycles. The van der Waals surface area contributed by atoms with Crippen molar-refractivity contribution in [2.45, 2.75) is 50.7 Å². The van der Waals surface area contributed by atoms with E-state index in [1.165, 1.54) is 0 Å². The Morgan fingerprint density at radius 3 is 2.33 bits per heavy atom. The zero-order valence-electron chi connectivity index (χ0n) is 22.2. The van der Waals surface area contributed by atoms with Crippen LogP contribution in [0.4, 0.5) is 11.4 Å². The highest BCUT2D eigenvalue weighted by Gasteiger charge is 2.28. The van der Waals surface area contributed by atoms with E-state index in [2.05, 4.69) is 0 Å². The van der Waals surface area contributed by atoms with Gasteiger partial charge in [0, 0.05) is 37.8 Å². The standard InChI is InChI=1S/C31H36N4O4/c32-27-10-12-28(13-11-27)34(31(36)20-23-5-2-1-3-6-23)22-24-7-4-8-25(19-24)26-9-14-29(30(21-26)35(37)38)33-15-17-39-18-16-33/h1-9,14,19,21,27-28H,10-13,15-18,20,22,32H2. The van der Waals surface area contributed by atoms with Crippen molar-refractivity contribution in [2.75, 3.05) is 31.2 Å². The van der Waals surface area contributed by atoms with E-state index in [4.69, 9.17) is 10.5 Å². The predicted molar refractivity (Wildman–Crippen MR) is 152 cm³/mol. The van der Waals surface area contributed by atoms with Gasteiger partial charge in [-0.15, -0.1) is 0 Å². The van der Waals surface area contributed by atoms with Crippen molar-refractivity contribution >= 4 is 17.3 Å². The molecule has 3 aromatic rings. The van der Waals surface area contributed by atoms with Crippen molar-refractivity contribution < 1.29 is 14.5 Å². The lowest BCUT2D eigenvalue weighted by Crippen LogP contribution is -2.44.